The quantitative estimate of drug-likeness (QED) is 0.829. The molecule has 2 rings (SSSR count). The van der Waals surface area contributed by atoms with Gasteiger partial charge in [-0.2, -0.15) is 0 Å². The second-order valence-corrected chi connectivity index (χ2v) is 5.92. The van der Waals surface area contributed by atoms with Crippen LogP contribution in [0.15, 0.2) is 51.4 Å². The molecular formula is C15H15Br2NO. The number of hydrogen-bond donors (Lipinski definition) is 1. The van der Waals surface area contributed by atoms with Crippen LogP contribution in [0.25, 0.3) is 0 Å². The second-order valence-electron chi connectivity index (χ2n) is 4.21. The van der Waals surface area contributed by atoms with Gasteiger partial charge in [-0.15, -0.1) is 0 Å². The first kappa shape index (κ1) is 14.7. The number of rotatable bonds is 5. The van der Waals surface area contributed by atoms with Crippen LogP contribution in [-0.2, 0) is 24.5 Å². The Kier molecular flexibility index (Phi) is 5.58. The molecule has 4 heteroatoms. The highest BCUT2D eigenvalue weighted by Gasteiger charge is 2.03. The van der Waals surface area contributed by atoms with Crippen molar-refractivity contribution < 1.29 is 4.74 Å². The number of nitrogens with two attached hydrogens (primary N) is 1. The Labute approximate surface area is 130 Å². The summed E-state index contributed by atoms with van der Waals surface area (Å²) in [6.07, 6.45) is 0. The molecule has 0 aliphatic carbocycles. The molecule has 0 fully saturated rings. The molecule has 2 aromatic rings. The van der Waals surface area contributed by atoms with E-state index in [1.807, 2.05) is 36.4 Å². The minimum Gasteiger partial charge on any atom is -0.372 e. The zero-order valence-electron chi connectivity index (χ0n) is 10.4. The van der Waals surface area contributed by atoms with E-state index in [1.54, 1.807) is 0 Å². The van der Waals surface area contributed by atoms with Crippen molar-refractivity contribution in [1.82, 2.24) is 0 Å². The van der Waals surface area contributed by atoms with Crippen LogP contribution in [0.5, 0.6) is 0 Å². The van der Waals surface area contributed by atoms with Gasteiger partial charge in [0.15, 0.2) is 0 Å². The highest BCUT2D eigenvalue weighted by atomic mass is 79.9. The normalized spacial score (nSPS) is 10.7. The summed E-state index contributed by atoms with van der Waals surface area (Å²) in [5, 5.41) is 0. The molecule has 2 nitrogen and oxygen atoms in total. The summed E-state index contributed by atoms with van der Waals surface area (Å²) in [4.78, 5) is 0. The maximum atomic E-state index is 5.75. The Hall–Kier alpha value is -0.680. The standard InChI is InChI=1S/C15H15Br2NO/c16-14-4-2-1-3-12(14)9-19-10-13-6-5-11(8-18)7-15(13)17/h1-7H,8-10,18H2. The van der Waals surface area contributed by atoms with Crippen molar-refractivity contribution in [1.29, 1.82) is 0 Å². The monoisotopic (exact) mass is 383 g/mol. The van der Waals surface area contributed by atoms with Gasteiger partial charge in [-0.3, -0.25) is 0 Å². The molecular weight excluding hydrogens is 370 g/mol. The fourth-order valence-corrected chi connectivity index (χ4v) is 2.66. The second kappa shape index (κ2) is 7.20. The Bertz CT molecular complexity index is 558. The summed E-state index contributed by atoms with van der Waals surface area (Å²) in [7, 11) is 0. The van der Waals surface area contributed by atoms with E-state index in [-0.39, 0.29) is 0 Å². The van der Waals surface area contributed by atoms with Crippen LogP contribution < -0.4 is 5.73 Å². The Balaban J connectivity index is 1.94. The highest BCUT2D eigenvalue weighted by molar-refractivity contribution is 9.10. The van der Waals surface area contributed by atoms with Crippen molar-refractivity contribution >= 4 is 31.9 Å². The van der Waals surface area contributed by atoms with Crippen LogP contribution >= 0.6 is 31.9 Å². The molecule has 0 aliphatic rings. The molecule has 2 N–H and O–H groups in total. The lowest BCUT2D eigenvalue weighted by Crippen LogP contribution is -1.99. The number of hydrogen-bond acceptors (Lipinski definition) is 2. The molecule has 0 saturated heterocycles. The molecule has 19 heavy (non-hydrogen) atoms. The van der Waals surface area contributed by atoms with Gasteiger partial charge in [0, 0.05) is 15.5 Å². The van der Waals surface area contributed by atoms with E-state index in [0.717, 1.165) is 25.6 Å². The van der Waals surface area contributed by atoms with E-state index < -0.39 is 0 Å². The predicted molar refractivity (Wildman–Crippen MR) is 84.7 cm³/mol. The summed E-state index contributed by atoms with van der Waals surface area (Å²) >= 11 is 7.06. The minimum absolute atomic E-state index is 0.552. The fourth-order valence-electron chi connectivity index (χ4n) is 1.72. The highest BCUT2D eigenvalue weighted by Crippen LogP contribution is 2.21. The van der Waals surface area contributed by atoms with Crippen molar-refractivity contribution in [3.8, 4) is 0 Å². The van der Waals surface area contributed by atoms with Crippen molar-refractivity contribution in [2.24, 2.45) is 5.73 Å². The van der Waals surface area contributed by atoms with E-state index in [2.05, 4.69) is 37.9 Å². The Morgan fingerprint density at radius 1 is 0.895 bits per heavy atom. The van der Waals surface area contributed by atoms with Crippen molar-refractivity contribution in [2.75, 3.05) is 0 Å². The van der Waals surface area contributed by atoms with Crippen molar-refractivity contribution in [3.63, 3.8) is 0 Å². The van der Waals surface area contributed by atoms with E-state index in [1.165, 1.54) is 0 Å². The predicted octanol–water partition coefficient (Wildman–Crippen LogP) is 4.39. The fraction of sp³-hybridized carbons (Fsp3) is 0.200. The van der Waals surface area contributed by atoms with E-state index in [9.17, 15) is 0 Å². The molecule has 0 aromatic heterocycles. The molecule has 0 bridgehead atoms. The van der Waals surface area contributed by atoms with Crippen LogP contribution in [-0.4, -0.2) is 0 Å². The molecule has 100 valence electrons. The third-order valence-corrected chi connectivity index (χ3v) is 4.34. The van der Waals surface area contributed by atoms with Gasteiger partial charge in [0.25, 0.3) is 0 Å². The number of halogens is 2. The molecule has 0 radical (unpaired) electrons. The van der Waals surface area contributed by atoms with E-state index in [4.69, 9.17) is 10.5 Å². The van der Waals surface area contributed by atoms with Gasteiger partial charge >= 0.3 is 0 Å². The molecule has 0 saturated carbocycles. The summed E-state index contributed by atoms with van der Waals surface area (Å²) in [5.74, 6) is 0. The molecule has 0 unspecified atom stereocenters. The average molecular weight is 385 g/mol. The van der Waals surface area contributed by atoms with Gasteiger partial charge in [-0.25, -0.2) is 0 Å². The maximum absolute atomic E-state index is 5.75. The lowest BCUT2D eigenvalue weighted by atomic mass is 10.1. The summed E-state index contributed by atoms with van der Waals surface area (Å²) < 4.78 is 7.87. The van der Waals surface area contributed by atoms with Crippen molar-refractivity contribution in [3.05, 3.63) is 68.1 Å². The molecule has 0 atom stereocenters. The summed E-state index contributed by atoms with van der Waals surface area (Å²) in [5.41, 5.74) is 9.00. The van der Waals surface area contributed by atoms with E-state index in [0.29, 0.717) is 19.8 Å². The SMILES string of the molecule is NCc1ccc(COCc2ccccc2Br)c(Br)c1. The lowest BCUT2D eigenvalue weighted by Gasteiger charge is -2.09. The zero-order chi connectivity index (χ0) is 13.7. The van der Waals surface area contributed by atoms with Gasteiger partial charge in [0.2, 0.25) is 0 Å². The Morgan fingerprint density at radius 2 is 1.58 bits per heavy atom. The lowest BCUT2D eigenvalue weighted by molar-refractivity contribution is 0.106. The Morgan fingerprint density at radius 3 is 2.21 bits per heavy atom. The third-order valence-electron chi connectivity index (χ3n) is 2.83. The zero-order valence-corrected chi connectivity index (χ0v) is 13.6. The van der Waals surface area contributed by atoms with Crippen LogP contribution in [0.2, 0.25) is 0 Å². The first-order valence-electron chi connectivity index (χ1n) is 5.99. The van der Waals surface area contributed by atoms with E-state index >= 15 is 0 Å². The largest absolute Gasteiger partial charge is 0.372 e. The van der Waals surface area contributed by atoms with Gasteiger partial charge in [0.05, 0.1) is 13.2 Å². The molecule has 0 amide bonds. The van der Waals surface area contributed by atoms with Crippen molar-refractivity contribution in [2.45, 2.75) is 19.8 Å². The third kappa shape index (κ3) is 4.14. The van der Waals surface area contributed by atoms with Gasteiger partial charge in [-0.05, 0) is 28.8 Å². The topological polar surface area (TPSA) is 35.2 Å². The maximum Gasteiger partial charge on any atom is 0.0732 e. The molecule has 0 spiro atoms. The molecule has 0 aliphatic heterocycles. The van der Waals surface area contributed by atoms with Crippen LogP contribution in [0.3, 0.4) is 0 Å². The van der Waals surface area contributed by atoms with Crippen LogP contribution in [0.1, 0.15) is 16.7 Å². The van der Waals surface area contributed by atoms with Gasteiger partial charge in [0.1, 0.15) is 0 Å². The minimum atomic E-state index is 0.552. The van der Waals surface area contributed by atoms with Crippen LogP contribution in [0, 0.1) is 0 Å². The number of ether oxygens (including phenoxy) is 1. The summed E-state index contributed by atoms with van der Waals surface area (Å²) in [6.45, 7) is 1.72. The van der Waals surface area contributed by atoms with Gasteiger partial charge in [-0.1, -0.05) is 62.2 Å². The molecule has 0 heterocycles. The smallest absolute Gasteiger partial charge is 0.0732 e. The molecule has 2 aromatic carbocycles. The summed E-state index contributed by atoms with van der Waals surface area (Å²) in [6, 6.07) is 14.2. The first-order valence-corrected chi connectivity index (χ1v) is 7.58. The first-order chi connectivity index (χ1) is 9.20. The average Bonchev–Trinajstić information content (AvgIpc) is 2.42. The van der Waals surface area contributed by atoms with Crippen LogP contribution in [0.4, 0.5) is 0 Å². The number of benzene rings is 2. The van der Waals surface area contributed by atoms with Gasteiger partial charge < -0.3 is 10.5 Å².